The number of esters is 1. The fourth-order valence-corrected chi connectivity index (χ4v) is 4.70. The third kappa shape index (κ3) is 3.53. The first-order chi connectivity index (χ1) is 14.4. The molecule has 30 heavy (non-hydrogen) atoms. The second-order valence-corrected chi connectivity index (χ2v) is 8.26. The van der Waals surface area contributed by atoms with Crippen LogP contribution < -0.4 is 4.90 Å². The Kier molecular flexibility index (Phi) is 5.45. The normalized spacial score (nSPS) is 25.9. The van der Waals surface area contributed by atoms with E-state index in [9.17, 15) is 19.2 Å². The number of hydrogen-bond donors (Lipinski definition) is 0. The van der Waals surface area contributed by atoms with Gasteiger partial charge in [0.05, 0.1) is 18.3 Å². The maximum absolute atomic E-state index is 12.9. The van der Waals surface area contributed by atoms with Crippen LogP contribution in [0.5, 0.6) is 0 Å². The minimum atomic E-state index is -0.942. The van der Waals surface area contributed by atoms with Crippen LogP contribution in [0.25, 0.3) is 0 Å². The largest absolute Gasteiger partial charge is 0.452 e. The van der Waals surface area contributed by atoms with Gasteiger partial charge >= 0.3 is 5.97 Å². The third-order valence-electron chi connectivity index (χ3n) is 6.24. The third-order valence-corrected chi connectivity index (χ3v) is 6.24. The molecule has 1 aromatic rings. The van der Waals surface area contributed by atoms with E-state index in [1.807, 2.05) is 43.3 Å². The van der Waals surface area contributed by atoms with Gasteiger partial charge in [0.1, 0.15) is 0 Å². The Hall–Kier alpha value is -2.96. The molecule has 158 valence electrons. The van der Waals surface area contributed by atoms with E-state index in [-0.39, 0.29) is 48.6 Å². The Morgan fingerprint density at radius 2 is 1.73 bits per heavy atom. The molecule has 0 saturated carbocycles. The topological polar surface area (TPSA) is 84.0 Å². The van der Waals surface area contributed by atoms with E-state index in [1.165, 1.54) is 4.90 Å². The van der Waals surface area contributed by atoms with Crippen LogP contribution in [0.15, 0.2) is 36.4 Å². The van der Waals surface area contributed by atoms with E-state index in [4.69, 9.17) is 4.74 Å². The molecule has 1 saturated heterocycles. The second kappa shape index (κ2) is 8.05. The summed E-state index contributed by atoms with van der Waals surface area (Å²) in [5.41, 5.74) is 1.95. The number of imide groups is 1. The molecule has 4 rings (SSSR count). The summed E-state index contributed by atoms with van der Waals surface area (Å²) in [7, 11) is 0. The number of hydrogen-bond acceptors (Lipinski definition) is 5. The molecular formula is C23H26N2O5. The van der Waals surface area contributed by atoms with E-state index in [1.54, 1.807) is 11.8 Å². The van der Waals surface area contributed by atoms with Crippen LogP contribution in [0, 0.1) is 11.8 Å². The van der Waals surface area contributed by atoms with Crippen LogP contribution in [0.4, 0.5) is 5.69 Å². The first kappa shape index (κ1) is 20.3. The molecule has 3 aliphatic rings. The van der Waals surface area contributed by atoms with Gasteiger partial charge in [-0.3, -0.25) is 24.1 Å². The van der Waals surface area contributed by atoms with Gasteiger partial charge in [-0.05, 0) is 44.7 Å². The second-order valence-electron chi connectivity index (χ2n) is 8.26. The zero-order valence-electron chi connectivity index (χ0n) is 17.2. The zero-order chi connectivity index (χ0) is 21.4. The summed E-state index contributed by atoms with van der Waals surface area (Å²) >= 11 is 0. The van der Waals surface area contributed by atoms with Crippen molar-refractivity contribution in [3.05, 3.63) is 42.0 Å². The number of amides is 3. The molecule has 1 fully saturated rings. The monoisotopic (exact) mass is 410 g/mol. The Bertz CT molecular complexity index is 898. The van der Waals surface area contributed by atoms with Gasteiger partial charge in [0, 0.05) is 18.3 Å². The number of ether oxygens (including phenoxy) is 1. The Labute approximate surface area is 175 Å². The number of rotatable bonds is 5. The lowest BCUT2D eigenvalue weighted by Crippen LogP contribution is -2.43. The van der Waals surface area contributed by atoms with Crippen LogP contribution in [0.3, 0.4) is 0 Å². The SMILES string of the molecule is C[C@H](OC(=O)CCN1C(=O)[C@H]2CC=CC[C@H]2C1=O)C(=O)N1c2ccccc2C[C@@H]1C. The smallest absolute Gasteiger partial charge is 0.308 e. The van der Waals surface area contributed by atoms with Crippen LogP contribution in [0.2, 0.25) is 0 Å². The zero-order valence-corrected chi connectivity index (χ0v) is 17.2. The van der Waals surface area contributed by atoms with Crippen LogP contribution in [-0.2, 0) is 30.3 Å². The minimum absolute atomic E-state index is 0.00659. The quantitative estimate of drug-likeness (QED) is 0.422. The van der Waals surface area contributed by atoms with Gasteiger partial charge in [0.2, 0.25) is 11.8 Å². The number of carbonyl (C=O) groups is 4. The van der Waals surface area contributed by atoms with Gasteiger partial charge in [-0.2, -0.15) is 0 Å². The van der Waals surface area contributed by atoms with Crippen molar-refractivity contribution in [1.29, 1.82) is 0 Å². The molecule has 4 atom stereocenters. The van der Waals surface area contributed by atoms with Crippen molar-refractivity contribution in [3.8, 4) is 0 Å². The Morgan fingerprint density at radius 1 is 1.10 bits per heavy atom. The van der Waals surface area contributed by atoms with Crippen molar-refractivity contribution in [2.24, 2.45) is 11.8 Å². The number of nitrogens with zero attached hydrogens (tertiary/aromatic N) is 2. The molecule has 3 amide bonds. The first-order valence-electron chi connectivity index (χ1n) is 10.5. The average Bonchev–Trinajstić information content (AvgIpc) is 3.19. The molecule has 7 nitrogen and oxygen atoms in total. The van der Waals surface area contributed by atoms with Gasteiger partial charge in [-0.15, -0.1) is 0 Å². The summed E-state index contributed by atoms with van der Waals surface area (Å²) < 4.78 is 5.35. The van der Waals surface area contributed by atoms with Crippen molar-refractivity contribution >= 4 is 29.4 Å². The molecule has 0 unspecified atom stereocenters. The van der Waals surface area contributed by atoms with Crippen molar-refractivity contribution in [1.82, 2.24) is 4.90 Å². The highest BCUT2D eigenvalue weighted by atomic mass is 16.5. The standard InChI is InChI=1S/C23H26N2O5/c1-14-13-16-7-3-6-10-19(16)25(14)21(27)15(2)30-20(26)11-12-24-22(28)17-8-4-5-9-18(17)23(24)29/h3-7,10,14-15,17-18H,8-9,11-13H2,1-2H3/t14-,15-,17-,18+/m0/s1. The minimum Gasteiger partial charge on any atom is -0.452 e. The number of likely N-dealkylation sites (tertiary alicyclic amines) is 1. The number of carbonyl (C=O) groups excluding carboxylic acids is 4. The summed E-state index contributed by atoms with van der Waals surface area (Å²) in [6.45, 7) is 3.51. The van der Waals surface area contributed by atoms with Crippen LogP contribution in [-0.4, -0.2) is 47.3 Å². The predicted molar refractivity (Wildman–Crippen MR) is 109 cm³/mol. The lowest BCUT2D eigenvalue weighted by Gasteiger charge is -2.26. The van der Waals surface area contributed by atoms with Crippen LogP contribution >= 0.6 is 0 Å². The van der Waals surface area contributed by atoms with Gasteiger partial charge in [-0.25, -0.2) is 0 Å². The van der Waals surface area contributed by atoms with E-state index in [2.05, 4.69) is 0 Å². The molecule has 0 N–H and O–H groups in total. The summed E-state index contributed by atoms with van der Waals surface area (Å²) in [5.74, 6) is -1.91. The molecule has 0 radical (unpaired) electrons. The molecule has 1 aromatic carbocycles. The maximum Gasteiger partial charge on any atom is 0.308 e. The van der Waals surface area contributed by atoms with E-state index in [0.29, 0.717) is 12.8 Å². The summed E-state index contributed by atoms with van der Waals surface area (Å²) in [4.78, 5) is 53.1. The first-order valence-corrected chi connectivity index (χ1v) is 10.5. The Morgan fingerprint density at radius 3 is 2.40 bits per heavy atom. The highest BCUT2D eigenvalue weighted by Crippen LogP contribution is 2.35. The van der Waals surface area contributed by atoms with E-state index >= 15 is 0 Å². The van der Waals surface area contributed by atoms with Gasteiger partial charge < -0.3 is 9.64 Å². The van der Waals surface area contributed by atoms with Crippen molar-refractivity contribution in [2.45, 2.75) is 51.7 Å². The van der Waals surface area contributed by atoms with Gasteiger partial charge in [-0.1, -0.05) is 30.4 Å². The van der Waals surface area contributed by atoms with Crippen LogP contribution in [0.1, 0.15) is 38.7 Å². The number of fused-ring (bicyclic) bond motifs is 2. The van der Waals surface area contributed by atoms with Gasteiger partial charge in [0.15, 0.2) is 6.10 Å². The van der Waals surface area contributed by atoms with Crippen molar-refractivity contribution in [3.63, 3.8) is 0 Å². The van der Waals surface area contributed by atoms with E-state index < -0.39 is 12.1 Å². The highest BCUT2D eigenvalue weighted by molar-refractivity contribution is 6.05. The lowest BCUT2D eigenvalue weighted by molar-refractivity contribution is -0.154. The number of benzene rings is 1. The number of allylic oxidation sites excluding steroid dienone is 2. The van der Waals surface area contributed by atoms with E-state index in [0.717, 1.165) is 17.7 Å². The van der Waals surface area contributed by atoms with Crippen molar-refractivity contribution in [2.75, 3.05) is 11.4 Å². The maximum atomic E-state index is 12.9. The number of para-hydroxylation sites is 1. The molecular weight excluding hydrogens is 384 g/mol. The fraction of sp³-hybridized carbons (Fsp3) is 0.478. The molecule has 2 aliphatic heterocycles. The highest BCUT2D eigenvalue weighted by Gasteiger charge is 2.47. The van der Waals surface area contributed by atoms with Crippen molar-refractivity contribution < 1.29 is 23.9 Å². The summed E-state index contributed by atoms with van der Waals surface area (Å²) in [5, 5.41) is 0. The van der Waals surface area contributed by atoms with Gasteiger partial charge in [0.25, 0.3) is 5.91 Å². The molecule has 0 spiro atoms. The predicted octanol–water partition coefficient (Wildman–Crippen LogP) is 2.24. The molecule has 7 heteroatoms. The molecule has 0 bridgehead atoms. The Balaban J connectivity index is 1.33. The molecule has 0 aromatic heterocycles. The summed E-state index contributed by atoms with van der Waals surface area (Å²) in [6.07, 6.45) is 4.69. The lowest BCUT2D eigenvalue weighted by atomic mass is 9.85. The molecule has 2 heterocycles. The number of anilines is 1. The fourth-order valence-electron chi connectivity index (χ4n) is 4.70. The average molecular weight is 410 g/mol. The summed E-state index contributed by atoms with van der Waals surface area (Å²) in [6, 6.07) is 7.70. The molecule has 1 aliphatic carbocycles.